The number of nitrogens with one attached hydrogen (secondary N) is 3. The van der Waals surface area contributed by atoms with Crippen LogP contribution >= 0.6 is 0 Å². The van der Waals surface area contributed by atoms with Crippen molar-refractivity contribution in [3.05, 3.63) is 60.1 Å². The lowest BCUT2D eigenvalue weighted by atomic mass is 10.0. The Bertz CT molecular complexity index is 671. The second-order valence-electron chi connectivity index (χ2n) is 5.67. The van der Waals surface area contributed by atoms with E-state index in [1.54, 1.807) is 12.1 Å². The molecule has 1 heterocycles. The summed E-state index contributed by atoms with van der Waals surface area (Å²) in [5.41, 5.74) is 1.06. The van der Waals surface area contributed by atoms with Gasteiger partial charge in [-0.1, -0.05) is 30.3 Å². The van der Waals surface area contributed by atoms with Crippen molar-refractivity contribution < 1.29 is 14.3 Å². The zero-order valence-electron chi connectivity index (χ0n) is 14.9. The van der Waals surface area contributed by atoms with E-state index < -0.39 is 0 Å². The number of carbonyl (C=O) groups is 1. The smallest absolute Gasteiger partial charge is 0.287 e. The van der Waals surface area contributed by atoms with E-state index in [-0.39, 0.29) is 18.4 Å². The predicted molar refractivity (Wildman–Crippen MR) is 101 cm³/mol. The fraction of sp³-hybridized carbons (Fsp3) is 0.368. The highest BCUT2D eigenvalue weighted by Gasteiger charge is 2.10. The van der Waals surface area contributed by atoms with Gasteiger partial charge in [0.1, 0.15) is 0 Å². The van der Waals surface area contributed by atoms with E-state index in [4.69, 9.17) is 4.42 Å². The van der Waals surface area contributed by atoms with Gasteiger partial charge in [0.05, 0.1) is 19.4 Å². The molecule has 7 nitrogen and oxygen atoms in total. The van der Waals surface area contributed by atoms with Crippen molar-refractivity contribution in [3.8, 4) is 0 Å². The summed E-state index contributed by atoms with van der Waals surface area (Å²) in [5.74, 6) is 0.641. The fourth-order valence-electron chi connectivity index (χ4n) is 2.39. The second kappa shape index (κ2) is 10.9. The van der Waals surface area contributed by atoms with E-state index in [1.807, 2.05) is 37.3 Å². The first-order valence-corrected chi connectivity index (χ1v) is 8.74. The van der Waals surface area contributed by atoms with Gasteiger partial charge < -0.3 is 25.5 Å². The van der Waals surface area contributed by atoms with Gasteiger partial charge in [-0.3, -0.25) is 9.79 Å². The SMILES string of the molecule is CCNC(=NCC(CO)c1ccccc1)NCCNC(=O)c1ccco1. The average Bonchev–Trinajstić information content (AvgIpc) is 3.21. The number of aliphatic hydroxyl groups is 1. The van der Waals surface area contributed by atoms with E-state index in [0.29, 0.717) is 31.4 Å². The van der Waals surface area contributed by atoms with Gasteiger partial charge in [0.25, 0.3) is 5.91 Å². The Morgan fingerprint density at radius 2 is 1.88 bits per heavy atom. The van der Waals surface area contributed by atoms with Crippen LogP contribution in [-0.2, 0) is 0 Å². The maximum atomic E-state index is 11.8. The molecule has 2 aromatic rings. The van der Waals surface area contributed by atoms with Gasteiger partial charge in [-0.25, -0.2) is 0 Å². The Labute approximate surface area is 153 Å². The number of guanidine groups is 1. The number of rotatable bonds is 9. The molecule has 26 heavy (non-hydrogen) atoms. The number of hydrogen-bond donors (Lipinski definition) is 4. The molecular weight excluding hydrogens is 332 g/mol. The van der Waals surface area contributed by atoms with E-state index in [2.05, 4.69) is 20.9 Å². The third-order valence-corrected chi connectivity index (χ3v) is 3.75. The standard InChI is InChI=1S/C19H26N4O3/c1-2-20-19(22-11-10-21-18(25)17-9-6-12-26-17)23-13-16(14-24)15-7-4-3-5-8-15/h3-9,12,16,24H,2,10-11,13-14H2,1H3,(H,21,25)(H2,20,22,23). The summed E-state index contributed by atoms with van der Waals surface area (Å²) >= 11 is 0. The minimum atomic E-state index is -0.247. The summed E-state index contributed by atoms with van der Waals surface area (Å²) in [6.45, 7) is 4.16. The third kappa shape index (κ3) is 6.25. The van der Waals surface area contributed by atoms with Crippen molar-refractivity contribution >= 4 is 11.9 Å². The molecule has 0 spiro atoms. The molecule has 140 valence electrons. The molecule has 1 amide bonds. The summed E-state index contributed by atoms with van der Waals surface area (Å²) in [6, 6.07) is 13.1. The maximum Gasteiger partial charge on any atom is 0.287 e. The van der Waals surface area contributed by atoms with Crippen LogP contribution in [0.4, 0.5) is 0 Å². The molecule has 1 aromatic carbocycles. The molecule has 0 saturated heterocycles. The van der Waals surface area contributed by atoms with Crippen LogP contribution in [0, 0.1) is 0 Å². The number of aliphatic imine (C=N–C) groups is 1. The van der Waals surface area contributed by atoms with Crippen molar-refractivity contribution in [2.75, 3.05) is 32.8 Å². The van der Waals surface area contributed by atoms with Crippen molar-refractivity contribution in [2.45, 2.75) is 12.8 Å². The zero-order chi connectivity index (χ0) is 18.6. The van der Waals surface area contributed by atoms with Gasteiger partial charge in [0.2, 0.25) is 0 Å². The molecular formula is C19H26N4O3. The lowest BCUT2D eigenvalue weighted by Gasteiger charge is -2.15. The van der Waals surface area contributed by atoms with Crippen LogP contribution in [-0.4, -0.2) is 49.8 Å². The summed E-state index contributed by atoms with van der Waals surface area (Å²) in [7, 11) is 0. The number of benzene rings is 1. The van der Waals surface area contributed by atoms with E-state index in [9.17, 15) is 9.90 Å². The number of furan rings is 1. The summed E-state index contributed by atoms with van der Waals surface area (Å²) in [5, 5.41) is 18.7. The molecule has 0 fully saturated rings. The highest BCUT2D eigenvalue weighted by molar-refractivity contribution is 5.91. The van der Waals surface area contributed by atoms with Gasteiger partial charge >= 0.3 is 0 Å². The fourth-order valence-corrected chi connectivity index (χ4v) is 2.39. The molecule has 4 N–H and O–H groups in total. The van der Waals surface area contributed by atoms with Crippen LogP contribution in [0.25, 0.3) is 0 Å². The largest absolute Gasteiger partial charge is 0.459 e. The van der Waals surface area contributed by atoms with Crippen molar-refractivity contribution in [1.29, 1.82) is 0 Å². The molecule has 0 aliphatic heterocycles. The highest BCUT2D eigenvalue weighted by atomic mass is 16.3. The average molecular weight is 358 g/mol. The van der Waals surface area contributed by atoms with Crippen LogP contribution in [0.5, 0.6) is 0 Å². The predicted octanol–water partition coefficient (Wildman–Crippen LogP) is 1.34. The number of aliphatic hydroxyl groups excluding tert-OH is 1. The molecule has 0 saturated carbocycles. The first-order chi connectivity index (χ1) is 12.7. The Morgan fingerprint density at radius 1 is 1.12 bits per heavy atom. The van der Waals surface area contributed by atoms with E-state index in [1.165, 1.54) is 6.26 Å². The Hall–Kier alpha value is -2.80. The van der Waals surface area contributed by atoms with Crippen LogP contribution < -0.4 is 16.0 Å². The molecule has 0 bridgehead atoms. The monoisotopic (exact) mass is 358 g/mol. The summed E-state index contributed by atoms with van der Waals surface area (Å²) < 4.78 is 5.04. The van der Waals surface area contributed by atoms with Crippen molar-refractivity contribution in [3.63, 3.8) is 0 Å². The molecule has 0 aliphatic rings. The van der Waals surface area contributed by atoms with E-state index in [0.717, 1.165) is 12.1 Å². The number of amides is 1. The molecule has 0 radical (unpaired) electrons. The lowest BCUT2D eigenvalue weighted by molar-refractivity contribution is 0.0926. The zero-order valence-corrected chi connectivity index (χ0v) is 14.9. The Morgan fingerprint density at radius 3 is 2.54 bits per heavy atom. The first kappa shape index (κ1) is 19.5. The molecule has 1 atom stereocenters. The van der Waals surface area contributed by atoms with Crippen molar-refractivity contribution in [2.24, 2.45) is 4.99 Å². The van der Waals surface area contributed by atoms with Crippen molar-refractivity contribution in [1.82, 2.24) is 16.0 Å². The van der Waals surface area contributed by atoms with Gasteiger partial charge in [-0.15, -0.1) is 0 Å². The summed E-state index contributed by atoms with van der Waals surface area (Å²) in [6.07, 6.45) is 1.47. The topological polar surface area (TPSA) is 98.9 Å². The van der Waals surface area contributed by atoms with Crippen LogP contribution in [0.2, 0.25) is 0 Å². The number of hydrogen-bond acceptors (Lipinski definition) is 4. The normalized spacial score (nSPS) is 12.5. The van der Waals surface area contributed by atoms with Crippen LogP contribution in [0.15, 0.2) is 58.1 Å². The molecule has 1 unspecified atom stereocenters. The third-order valence-electron chi connectivity index (χ3n) is 3.75. The maximum absolute atomic E-state index is 11.8. The van der Waals surface area contributed by atoms with E-state index >= 15 is 0 Å². The van der Waals surface area contributed by atoms with Gasteiger partial charge in [0.15, 0.2) is 11.7 Å². The second-order valence-corrected chi connectivity index (χ2v) is 5.67. The Balaban J connectivity index is 1.81. The Kier molecular flexibility index (Phi) is 8.21. The molecule has 7 heteroatoms. The molecule has 2 rings (SSSR count). The first-order valence-electron chi connectivity index (χ1n) is 8.74. The quantitative estimate of drug-likeness (QED) is 0.308. The van der Waals surface area contributed by atoms with Crippen LogP contribution in [0.1, 0.15) is 29.0 Å². The minimum Gasteiger partial charge on any atom is -0.459 e. The minimum absolute atomic E-state index is 0.0339. The van der Waals surface area contributed by atoms with Gasteiger partial charge in [-0.2, -0.15) is 0 Å². The molecule has 0 aliphatic carbocycles. The summed E-state index contributed by atoms with van der Waals surface area (Å²) in [4.78, 5) is 16.3. The number of nitrogens with zero attached hydrogens (tertiary/aromatic N) is 1. The highest BCUT2D eigenvalue weighted by Crippen LogP contribution is 2.14. The van der Waals surface area contributed by atoms with Gasteiger partial charge in [-0.05, 0) is 24.6 Å². The lowest BCUT2D eigenvalue weighted by Crippen LogP contribution is -2.41. The van der Waals surface area contributed by atoms with Gasteiger partial charge in [0, 0.05) is 25.6 Å². The van der Waals surface area contributed by atoms with Crippen LogP contribution in [0.3, 0.4) is 0 Å². The molecule has 1 aromatic heterocycles. The number of carbonyl (C=O) groups excluding carboxylic acids is 1.